The molecule has 0 radical (unpaired) electrons. The van der Waals surface area contributed by atoms with Crippen LogP contribution in [0.15, 0.2) is 12.1 Å². The van der Waals surface area contributed by atoms with Crippen molar-refractivity contribution < 1.29 is 36.2 Å². The van der Waals surface area contributed by atoms with E-state index < -0.39 is 22.2 Å². The molecule has 0 unspecified atom stereocenters. The van der Waals surface area contributed by atoms with Crippen LogP contribution in [-0.4, -0.2) is 73.5 Å². The number of carboxylic acid groups (broad SMARTS) is 1. The average molecular weight is 440 g/mol. The maximum absolute atomic E-state index is 11.4. The van der Waals surface area contributed by atoms with Crippen molar-refractivity contribution in [2.75, 3.05) is 30.9 Å². The Labute approximate surface area is 166 Å². The predicted molar refractivity (Wildman–Crippen MR) is 97.0 cm³/mol. The van der Waals surface area contributed by atoms with Gasteiger partial charge in [0.25, 0.3) is 0 Å². The number of halogens is 3. The number of aryl methyl sites for hydroxylation is 1. The molecule has 3 heterocycles. The first kappa shape index (κ1) is 23.3. The molecule has 164 valence electrons. The first-order valence-electron chi connectivity index (χ1n) is 8.76. The summed E-state index contributed by atoms with van der Waals surface area (Å²) in [6, 6.07) is 3.87. The topological polar surface area (TPSA) is 122 Å². The van der Waals surface area contributed by atoms with Crippen LogP contribution in [-0.2, 0) is 19.6 Å². The summed E-state index contributed by atoms with van der Waals surface area (Å²) in [5, 5.41) is 15.4. The van der Waals surface area contributed by atoms with Gasteiger partial charge in [-0.15, -0.1) is 5.10 Å². The monoisotopic (exact) mass is 440 g/mol. The van der Waals surface area contributed by atoms with E-state index >= 15 is 0 Å². The number of alkyl halides is 3. The Morgan fingerprint density at radius 2 is 2.03 bits per heavy atom. The molecule has 1 aromatic rings. The van der Waals surface area contributed by atoms with E-state index in [0.717, 1.165) is 37.4 Å². The Kier molecular flexibility index (Phi) is 7.06. The third kappa shape index (κ3) is 7.08. The third-order valence-corrected chi connectivity index (χ3v) is 5.30. The van der Waals surface area contributed by atoms with Gasteiger partial charge < -0.3 is 14.7 Å². The Morgan fingerprint density at radius 1 is 1.38 bits per heavy atom. The van der Waals surface area contributed by atoms with Gasteiger partial charge >= 0.3 is 12.1 Å². The number of aromatic nitrogens is 2. The van der Waals surface area contributed by atoms with Crippen molar-refractivity contribution in [2.24, 2.45) is 0 Å². The molecule has 0 saturated carbocycles. The third-order valence-electron chi connectivity index (χ3n) is 4.54. The van der Waals surface area contributed by atoms with Gasteiger partial charge in [0.15, 0.2) is 5.82 Å². The van der Waals surface area contributed by atoms with Crippen LogP contribution in [0, 0.1) is 6.92 Å². The number of rotatable bonds is 3. The summed E-state index contributed by atoms with van der Waals surface area (Å²) in [5.74, 6) is -1.91. The summed E-state index contributed by atoms with van der Waals surface area (Å²) in [6.07, 6.45) is -1.57. The molecule has 0 bridgehead atoms. The van der Waals surface area contributed by atoms with Crippen LogP contribution < -0.4 is 9.62 Å². The second-order valence-electron chi connectivity index (χ2n) is 7.12. The van der Waals surface area contributed by atoms with Crippen molar-refractivity contribution >= 4 is 21.8 Å². The molecule has 0 amide bonds. The van der Waals surface area contributed by atoms with Crippen molar-refractivity contribution in [1.29, 1.82) is 0 Å². The van der Waals surface area contributed by atoms with Crippen molar-refractivity contribution in [3.8, 4) is 0 Å². The molecule has 2 fully saturated rings. The number of hydrogen-bond acceptors (Lipinski definition) is 7. The Bertz CT molecular complexity index is 819. The fourth-order valence-electron chi connectivity index (χ4n) is 3.32. The van der Waals surface area contributed by atoms with E-state index in [1.165, 1.54) is 6.26 Å². The molecule has 1 spiro atoms. The normalized spacial score (nSPS) is 24.9. The van der Waals surface area contributed by atoms with Gasteiger partial charge in [0.2, 0.25) is 10.0 Å². The molecule has 2 atom stereocenters. The lowest BCUT2D eigenvalue weighted by Gasteiger charge is -2.38. The first-order valence-corrected chi connectivity index (χ1v) is 10.7. The fraction of sp³-hybridized carbons (Fsp3) is 0.688. The lowest BCUT2D eigenvalue weighted by Crippen LogP contribution is -2.49. The maximum Gasteiger partial charge on any atom is 0.490 e. The Morgan fingerprint density at radius 3 is 2.55 bits per heavy atom. The molecule has 9 nitrogen and oxygen atoms in total. The quantitative estimate of drug-likeness (QED) is 0.717. The number of aliphatic carboxylic acids is 1. The SMILES string of the molecule is Cc1ccc(N2CC[C@@]3(C[C@H](NS(C)(=O)=O)CCO3)C2)nn1.O=C(O)C(F)(F)F. The molecule has 2 N–H and O–H groups in total. The minimum Gasteiger partial charge on any atom is -0.475 e. The van der Waals surface area contributed by atoms with Gasteiger partial charge in [-0.05, 0) is 38.3 Å². The van der Waals surface area contributed by atoms with E-state index in [4.69, 9.17) is 14.6 Å². The highest BCUT2D eigenvalue weighted by Gasteiger charge is 2.44. The van der Waals surface area contributed by atoms with Gasteiger partial charge in [0.05, 0.1) is 17.6 Å². The summed E-state index contributed by atoms with van der Waals surface area (Å²) in [7, 11) is -3.18. The number of carbonyl (C=O) groups is 1. The van der Waals surface area contributed by atoms with Crippen LogP contribution in [0.2, 0.25) is 0 Å². The van der Waals surface area contributed by atoms with Crippen LogP contribution in [0.4, 0.5) is 19.0 Å². The summed E-state index contributed by atoms with van der Waals surface area (Å²) in [4.78, 5) is 11.1. The summed E-state index contributed by atoms with van der Waals surface area (Å²) in [5.41, 5.74) is 0.608. The number of nitrogens with zero attached hydrogens (tertiary/aromatic N) is 3. The van der Waals surface area contributed by atoms with E-state index in [9.17, 15) is 21.6 Å². The second-order valence-corrected chi connectivity index (χ2v) is 8.90. The van der Waals surface area contributed by atoms with E-state index in [1.54, 1.807) is 0 Å². The molecule has 2 aliphatic heterocycles. The molecule has 0 aliphatic carbocycles. The van der Waals surface area contributed by atoms with Crippen LogP contribution in [0.3, 0.4) is 0 Å². The summed E-state index contributed by atoms with van der Waals surface area (Å²) < 4.78 is 63.4. The summed E-state index contributed by atoms with van der Waals surface area (Å²) >= 11 is 0. The van der Waals surface area contributed by atoms with E-state index in [1.807, 2.05) is 19.1 Å². The van der Waals surface area contributed by atoms with Crippen LogP contribution in [0.5, 0.6) is 0 Å². The zero-order valence-corrected chi connectivity index (χ0v) is 16.8. The van der Waals surface area contributed by atoms with Crippen molar-refractivity contribution in [3.05, 3.63) is 17.8 Å². The van der Waals surface area contributed by atoms with Gasteiger partial charge in [0, 0.05) is 25.7 Å². The number of anilines is 1. The summed E-state index contributed by atoms with van der Waals surface area (Å²) in [6.45, 7) is 4.07. The highest BCUT2D eigenvalue weighted by atomic mass is 32.2. The molecule has 3 rings (SSSR count). The highest BCUT2D eigenvalue weighted by Crippen LogP contribution is 2.35. The molecule has 2 aliphatic rings. The zero-order valence-electron chi connectivity index (χ0n) is 15.9. The lowest BCUT2D eigenvalue weighted by molar-refractivity contribution is -0.192. The molecule has 29 heavy (non-hydrogen) atoms. The minimum atomic E-state index is -5.08. The van der Waals surface area contributed by atoms with E-state index in [-0.39, 0.29) is 11.6 Å². The number of ether oxygens (including phenoxy) is 1. The Balaban J connectivity index is 0.000000370. The molecule has 0 aromatic carbocycles. The molecular weight excluding hydrogens is 417 g/mol. The smallest absolute Gasteiger partial charge is 0.475 e. The average Bonchev–Trinajstić information content (AvgIpc) is 2.97. The molecule has 1 aromatic heterocycles. The van der Waals surface area contributed by atoms with Crippen molar-refractivity contribution in [1.82, 2.24) is 14.9 Å². The first-order chi connectivity index (χ1) is 13.3. The van der Waals surface area contributed by atoms with Crippen LogP contribution in [0.1, 0.15) is 25.0 Å². The van der Waals surface area contributed by atoms with E-state index in [0.29, 0.717) is 13.0 Å². The highest BCUT2D eigenvalue weighted by molar-refractivity contribution is 7.88. The number of nitrogens with one attached hydrogen (secondary N) is 1. The predicted octanol–water partition coefficient (Wildman–Crippen LogP) is 1.10. The van der Waals surface area contributed by atoms with Gasteiger partial charge in [-0.3, -0.25) is 0 Å². The number of sulfonamides is 1. The minimum absolute atomic E-state index is 0.0483. The molecule has 2 saturated heterocycles. The van der Waals surface area contributed by atoms with Crippen molar-refractivity contribution in [3.63, 3.8) is 0 Å². The lowest BCUT2D eigenvalue weighted by atomic mass is 9.90. The maximum atomic E-state index is 11.4. The number of hydrogen-bond donors (Lipinski definition) is 2. The second kappa shape index (κ2) is 8.79. The Hall–Kier alpha value is -1.99. The van der Waals surface area contributed by atoms with Gasteiger partial charge in [-0.1, -0.05) is 0 Å². The van der Waals surface area contributed by atoms with Gasteiger partial charge in [-0.2, -0.15) is 18.3 Å². The standard InChI is InChI=1S/C14H22N4O3S.C2HF3O2/c1-11-3-4-13(16-15-11)18-7-6-14(10-18)9-12(5-8-21-14)17-22(2,19)20;3-2(4,5)1(6)7/h3-4,12,17H,5-10H2,1-2H3;(H,6,7)/t12-,14-;/m1./s1. The van der Waals surface area contributed by atoms with Crippen molar-refractivity contribution in [2.45, 2.75) is 44.0 Å². The molecular formula is C16H23F3N4O5S. The van der Waals surface area contributed by atoms with E-state index in [2.05, 4.69) is 19.8 Å². The number of carboxylic acids is 1. The van der Waals surface area contributed by atoms with Gasteiger partial charge in [-0.25, -0.2) is 17.9 Å². The fourth-order valence-corrected chi connectivity index (χ4v) is 4.12. The van der Waals surface area contributed by atoms with Crippen LogP contribution in [0.25, 0.3) is 0 Å². The van der Waals surface area contributed by atoms with Crippen LogP contribution >= 0.6 is 0 Å². The largest absolute Gasteiger partial charge is 0.490 e. The molecule has 13 heteroatoms. The zero-order chi connectivity index (χ0) is 21.9. The van der Waals surface area contributed by atoms with Gasteiger partial charge in [0.1, 0.15) is 0 Å².